The maximum atomic E-state index is 11.1. The first-order chi connectivity index (χ1) is 6.73. The van der Waals surface area contributed by atoms with E-state index in [0.29, 0.717) is 12.3 Å². The van der Waals surface area contributed by atoms with Crippen LogP contribution in [0.3, 0.4) is 0 Å². The average molecular weight is 198 g/mol. The first-order valence-electron chi connectivity index (χ1n) is 5.50. The van der Waals surface area contributed by atoms with Crippen molar-refractivity contribution in [1.82, 2.24) is 0 Å². The Morgan fingerprint density at radius 2 is 2.14 bits per heavy atom. The fourth-order valence-corrected chi connectivity index (χ4v) is 2.54. The number of carbonyl (C=O) groups is 1. The molecule has 3 nitrogen and oxygen atoms in total. The number of ether oxygens (including phenoxy) is 2. The van der Waals surface area contributed by atoms with E-state index in [1.807, 2.05) is 0 Å². The van der Waals surface area contributed by atoms with E-state index >= 15 is 0 Å². The van der Waals surface area contributed by atoms with E-state index in [1.165, 1.54) is 0 Å². The number of hydrogen-bond acceptors (Lipinski definition) is 3. The molecule has 2 aliphatic rings. The maximum Gasteiger partial charge on any atom is 0.171 e. The van der Waals surface area contributed by atoms with E-state index in [4.69, 9.17) is 9.47 Å². The summed E-state index contributed by atoms with van der Waals surface area (Å²) in [5, 5.41) is 0. The van der Waals surface area contributed by atoms with Crippen LogP contribution in [0.1, 0.15) is 39.0 Å². The first kappa shape index (κ1) is 10.1. The minimum Gasteiger partial charge on any atom is -0.350 e. The number of Topliss-reactive ketones (excluding diaryl/α,β-unsaturated/α-hetero) is 1. The Kier molecular flexibility index (Phi) is 2.88. The molecule has 0 aromatic carbocycles. The third kappa shape index (κ3) is 1.84. The first-order valence-corrected chi connectivity index (χ1v) is 5.50. The molecule has 0 N–H and O–H groups in total. The van der Waals surface area contributed by atoms with Crippen molar-refractivity contribution in [1.29, 1.82) is 0 Å². The van der Waals surface area contributed by atoms with Crippen molar-refractivity contribution in [2.24, 2.45) is 5.92 Å². The molecule has 2 atom stereocenters. The van der Waals surface area contributed by atoms with Gasteiger partial charge in [-0.3, -0.25) is 0 Å². The second kappa shape index (κ2) is 3.99. The summed E-state index contributed by atoms with van der Waals surface area (Å²) in [7, 11) is 0. The summed E-state index contributed by atoms with van der Waals surface area (Å²) in [6.45, 7) is 3.18. The van der Waals surface area contributed by atoms with Crippen LogP contribution in [-0.4, -0.2) is 24.8 Å². The van der Waals surface area contributed by atoms with E-state index in [2.05, 4.69) is 0 Å². The van der Waals surface area contributed by atoms with Crippen LogP contribution in [0.5, 0.6) is 0 Å². The molecule has 80 valence electrons. The van der Waals surface area contributed by atoms with E-state index in [9.17, 15) is 4.79 Å². The quantitative estimate of drug-likeness (QED) is 0.679. The van der Waals surface area contributed by atoms with E-state index in [0.717, 1.165) is 38.9 Å². The zero-order chi connectivity index (χ0) is 10.0. The van der Waals surface area contributed by atoms with Crippen LogP contribution in [0, 0.1) is 5.92 Å². The molecule has 0 aromatic heterocycles. The van der Waals surface area contributed by atoms with Crippen LogP contribution in [0.25, 0.3) is 0 Å². The monoisotopic (exact) mass is 198 g/mol. The lowest BCUT2D eigenvalue weighted by atomic mass is 9.88. The van der Waals surface area contributed by atoms with Gasteiger partial charge in [-0.1, -0.05) is 0 Å². The van der Waals surface area contributed by atoms with Crippen molar-refractivity contribution in [3.05, 3.63) is 0 Å². The lowest BCUT2D eigenvalue weighted by Gasteiger charge is -2.37. The predicted molar refractivity (Wildman–Crippen MR) is 51.9 cm³/mol. The Bertz CT molecular complexity index is 219. The van der Waals surface area contributed by atoms with Crippen LogP contribution in [0.2, 0.25) is 0 Å². The van der Waals surface area contributed by atoms with Gasteiger partial charge in [0.05, 0.1) is 13.2 Å². The highest BCUT2D eigenvalue weighted by atomic mass is 16.7. The highest BCUT2D eigenvalue weighted by Gasteiger charge is 2.46. The lowest BCUT2D eigenvalue weighted by molar-refractivity contribution is -0.250. The molecule has 0 aliphatic carbocycles. The Labute approximate surface area is 84.8 Å². The number of hydrogen-bond donors (Lipinski definition) is 0. The third-order valence-corrected chi connectivity index (χ3v) is 3.23. The summed E-state index contributed by atoms with van der Waals surface area (Å²) < 4.78 is 11.5. The van der Waals surface area contributed by atoms with Gasteiger partial charge in [0.25, 0.3) is 0 Å². The molecule has 1 spiro atoms. The molecule has 0 amide bonds. The van der Waals surface area contributed by atoms with Crippen molar-refractivity contribution < 1.29 is 14.3 Å². The predicted octanol–water partition coefficient (Wildman–Crippen LogP) is 1.90. The normalized spacial score (nSPS) is 37.6. The molecule has 0 saturated carbocycles. The van der Waals surface area contributed by atoms with Crippen molar-refractivity contribution in [3.8, 4) is 0 Å². The van der Waals surface area contributed by atoms with Gasteiger partial charge in [0, 0.05) is 18.8 Å². The van der Waals surface area contributed by atoms with Crippen molar-refractivity contribution in [2.75, 3.05) is 13.2 Å². The Morgan fingerprint density at radius 3 is 2.79 bits per heavy atom. The maximum absolute atomic E-state index is 11.1. The van der Waals surface area contributed by atoms with Crippen molar-refractivity contribution in [2.45, 2.75) is 44.8 Å². The highest BCUT2D eigenvalue weighted by Crippen LogP contribution is 2.41. The topological polar surface area (TPSA) is 35.5 Å². The van der Waals surface area contributed by atoms with Crippen LogP contribution in [-0.2, 0) is 14.3 Å². The van der Waals surface area contributed by atoms with E-state index in [-0.39, 0.29) is 5.78 Å². The molecule has 2 saturated heterocycles. The van der Waals surface area contributed by atoms with Gasteiger partial charge in [0.15, 0.2) is 5.79 Å². The summed E-state index contributed by atoms with van der Waals surface area (Å²) in [4.78, 5) is 11.1. The van der Waals surface area contributed by atoms with Gasteiger partial charge in [-0.15, -0.1) is 0 Å². The third-order valence-electron chi connectivity index (χ3n) is 3.23. The van der Waals surface area contributed by atoms with Crippen LogP contribution >= 0.6 is 0 Å². The van der Waals surface area contributed by atoms with Gasteiger partial charge in [0.1, 0.15) is 5.78 Å². The van der Waals surface area contributed by atoms with E-state index in [1.54, 1.807) is 6.92 Å². The minimum absolute atomic E-state index is 0.244. The Morgan fingerprint density at radius 1 is 1.36 bits per heavy atom. The average Bonchev–Trinajstić information content (AvgIpc) is 2.50. The fraction of sp³-hybridized carbons (Fsp3) is 0.909. The minimum atomic E-state index is -0.399. The summed E-state index contributed by atoms with van der Waals surface area (Å²) >= 11 is 0. The molecule has 2 unspecified atom stereocenters. The zero-order valence-electron chi connectivity index (χ0n) is 8.75. The molecule has 2 heterocycles. The highest BCUT2D eigenvalue weighted by molar-refractivity contribution is 5.75. The van der Waals surface area contributed by atoms with Gasteiger partial charge >= 0.3 is 0 Å². The SMILES string of the molecule is CC(=O)CC1CCOC12CCCCO2. The summed E-state index contributed by atoms with van der Waals surface area (Å²) in [6, 6.07) is 0. The Hall–Kier alpha value is -0.410. The summed E-state index contributed by atoms with van der Waals surface area (Å²) in [6.07, 6.45) is 4.83. The molecule has 0 radical (unpaired) electrons. The lowest BCUT2D eigenvalue weighted by Crippen LogP contribution is -2.42. The molecule has 2 aliphatic heterocycles. The Balaban J connectivity index is 2.03. The molecule has 14 heavy (non-hydrogen) atoms. The molecular weight excluding hydrogens is 180 g/mol. The van der Waals surface area contributed by atoms with Crippen LogP contribution < -0.4 is 0 Å². The molecule has 0 aromatic rings. The van der Waals surface area contributed by atoms with Crippen molar-refractivity contribution in [3.63, 3.8) is 0 Å². The zero-order valence-corrected chi connectivity index (χ0v) is 8.75. The molecule has 2 fully saturated rings. The van der Waals surface area contributed by atoms with E-state index < -0.39 is 5.79 Å². The van der Waals surface area contributed by atoms with Gasteiger partial charge < -0.3 is 14.3 Å². The van der Waals surface area contributed by atoms with Gasteiger partial charge in [-0.25, -0.2) is 0 Å². The number of rotatable bonds is 2. The largest absolute Gasteiger partial charge is 0.350 e. The van der Waals surface area contributed by atoms with Gasteiger partial charge in [-0.2, -0.15) is 0 Å². The second-order valence-electron chi connectivity index (χ2n) is 4.36. The van der Waals surface area contributed by atoms with Gasteiger partial charge in [-0.05, 0) is 26.2 Å². The number of ketones is 1. The summed E-state index contributed by atoms with van der Waals surface area (Å²) in [5.74, 6) is 0.138. The van der Waals surface area contributed by atoms with Crippen LogP contribution in [0.4, 0.5) is 0 Å². The molecule has 3 heteroatoms. The molecular formula is C11H18O3. The summed E-state index contributed by atoms with van der Waals surface area (Å²) in [5.41, 5.74) is 0. The van der Waals surface area contributed by atoms with Gasteiger partial charge in [0.2, 0.25) is 0 Å². The van der Waals surface area contributed by atoms with Crippen molar-refractivity contribution >= 4 is 5.78 Å². The smallest absolute Gasteiger partial charge is 0.171 e. The fourth-order valence-electron chi connectivity index (χ4n) is 2.54. The molecule has 2 rings (SSSR count). The standard InChI is InChI=1S/C11H18O3/c1-9(12)8-10-4-7-14-11(10)5-2-3-6-13-11/h10H,2-8H2,1H3. The number of carbonyl (C=O) groups excluding carboxylic acids is 1. The van der Waals surface area contributed by atoms with Crippen LogP contribution in [0.15, 0.2) is 0 Å². The molecule has 0 bridgehead atoms. The second-order valence-corrected chi connectivity index (χ2v) is 4.36.